The van der Waals surface area contributed by atoms with Gasteiger partial charge >= 0.3 is 0 Å². The van der Waals surface area contributed by atoms with Crippen LogP contribution in [0.15, 0.2) is 0 Å². The van der Waals surface area contributed by atoms with Crippen molar-refractivity contribution < 1.29 is 9.59 Å². The maximum absolute atomic E-state index is 11.7. The quantitative estimate of drug-likeness (QED) is 0.716. The summed E-state index contributed by atoms with van der Waals surface area (Å²) in [5.41, 5.74) is -0.758. The van der Waals surface area contributed by atoms with Crippen LogP contribution in [0.5, 0.6) is 0 Å². The molecule has 4 nitrogen and oxygen atoms in total. The van der Waals surface area contributed by atoms with Gasteiger partial charge in [-0.25, -0.2) is 0 Å². The molecule has 1 aliphatic rings. The van der Waals surface area contributed by atoms with Crippen molar-refractivity contribution in [3.8, 4) is 0 Å². The van der Waals surface area contributed by atoms with Gasteiger partial charge in [-0.15, -0.1) is 0 Å². The molecule has 0 aliphatic heterocycles. The molecule has 0 heterocycles. The second-order valence-electron chi connectivity index (χ2n) is 3.65. The van der Waals surface area contributed by atoms with E-state index in [0.717, 1.165) is 6.42 Å². The van der Waals surface area contributed by atoms with Gasteiger partial charge in [0.25, 0.3) is 0 Å². The van der Waals surface area contributed by atoms with Gasteiger partial charge in [0.1, 0.15) is 5.41 Å². The van der Waals surface area contributed by atoms with Gasteiger partial charge in [0.15, 0.2) is 0 Å². The van der Waals surface area contributed by atoms with Gasteiger partial charge < -0.3 is 10.6 Å². The molecule has 0 spiro atoms. The molecular formula is C12H24N2O2. The highest BCUT2D eigenvalue weighted by Crippen LogP contribution is 2.41. The number of carbonyl (C=O) groups is 2. The molecule has 2 N–H and O–H groups in total. The van der Waals surface area contributed by atoms with E-state index in [1.165, 1.54) is 0 Å². The van der Waals surface area contributed by atoms with E-state index < -0.39 is 5.41 Å². The fourth-order valence-electron chi connectivity index (χ4n) is 1.75. The maximum atomic E-state index is 11.7. The fraction of sp³-hybridized carbons (Fsp3) is 0.833. The largest absolute Gasteiger partial charge is 0.355 e. The normalized spacial score (nSPS) is 16.2. The first-order chi connectivity index (χ1) is 7.67. The van der Waals surface area contributed by atoms with E-state index in [9.17, 15) is 9.59 Å². The highest BCUT2D eigenvalue weighted by atomic mass is 16.2. The molecule has 0 saturated heterocycles. The number of carbonyl (C=O) groups excluding carboxylic acids is 2. The molecule has 0 unspecified atom stereocenters. The van der Waals surface area contributed by atoms with Crippen molar-refractivity contribution in [3.63, 3.8) is 0 Å². The Kier molecular flexibility index (Phi) is 6.77. The van der Waals surface area contributed by atoms with E-state index >= 15 is 0 Å². The lowest BCUT2D eigenvalue weighted by Crippen LogP contribution is -2.55. The molecule has 0 aromatic heterocycles. The highest BCUT2D eigenvalue weighted by molar-refractivity contribution is 6.05. The molecule has 2 amide bonds. The minimum absolute atomic E-state index is 0.114. The van der Waals surface area contributed by atoms with Gasteiger partial charge in [0.2, 0.25) is 11.8 Å². The van der Waals surface area contributed by atoms with Gasteiger partial charge in [0.05, 0.1) is 0 Å². The Labute approximate surface area is 98.2 Å². The zero-order valence-corrected chi connectivity index (χ0v) is 10.9. The summed E-state index contributed by atoms with van der Waals surface area (Å²) >= 11 is 0. The first-order valence-corrected chi connectivity index (χ1v) is 6.24. The van der Waals surface area contributed by atoms with Crippen molar-refractivity contribution in [3.05, 3.63) is 0 Å². The van der Waals surface area contributed by atoms with E-state index in [4.69, 9.17) is 0 Å². The second-order valence-corrected chi connectivity index (χ2v) is 3.65. The molecule has 0 aromatic rings. The summed E-state index contributed by atoms with van der Waals surface area (Å²) in [6.07, 6.45) is 2.34. The summed E-state index contributed by atoms with van der Waals surface area (Å²) in [7, 11) is 0. The standard InChI is InChI=1S/C10H18N2O2.C2H6/c1-3-11-8(13)10(6-5-7-10)9(14)12-4-2;1-2/h3-7H2,1-2H3,(H,11,13)(H,12,14);1-2H3. The molecule has 94 valence electrons. The average molecular weight is 228 g/mol. The highest BCUT2D eigenvalue weighted by Gasteiger charge is 2.50. The van der Waals surface area contributed by atoms with Crippen LogP contribution in [0.2, 0.25) is 0 Å². The van der Waals surface area contributed by atoms with Crippen molar-refractivity contribution in [1.82, 2.24) is 10.6 Å². The van der Waals surface area contributed by atoms with Crippen LogP contribution in [0.25, 0.3) is 0 Å². The van der Waals surface area contributed by atoms with E-state index in [2.05, 4.69) is 10.6 Å². The third-order valence-corrected chi connectivity index (χ3v) is 2.75. The number of nitrogens with one attached hydrogen (secondary N) is 2. The molecule has 0 radical (unpaired) electrons. The Morgan fingerprint density at radius 1 is 1.00 bits per heavy atom. The summed E-state index contributed by atoms with van der Waals surface area (Å²) in [4.78, 5) is 23.4. The molecule has 0 bridgehead atoms. The van der Waals surface area contributed by atoms with Gasteiger partial charge in [-0.3, -0.25) is 9.59 Å². The molecule has 16 heavy (non-hydrogen) atoms. The lowest BCUT2D eigenvalue weighted by Gasteiger charge is -2.38. The summed E-state index contributed by atoms with van der Waals surface area (Å²) in [6, 6.07) is 0. The van der Waals surface area contributed by atoms with Crippen molar-refractivity contribution in [2.45, 2.75) is 47.0 Å². The Bertz CT molecular complexity index is 215. The number of hydrogen-bond donors (Lipinski definition) is 2. The van der Waals surface area contributed by atoms with E-state index in [1.807, 2.05) is 27.7 Å². The topological polar surface area (TPSA) is 58.2 Å². The molecule has 4 heteroatoms. The minimum atomic E-state index is -0.758. The van der Waals surface area contributed by atoms with Crippen LogP contribution in [0.1, 0.15) is 47.0 Å². The van der Waals surface area contributed by atoms with Gasteiger partial charge in [-0.2, -0.15) is 0 Å². The van der Waals surface area contributed by atoms with Gasteiger partial charge in [0, 0.05) is 13.1 Å². The Balaban J connectivity index is 0.00000106. The lowest BCUT2D eigenvalue weighted by atomic mass is 9.67. The molecule has 0 aromatic carbocycles. The molecule has 1 rings (SSSR count). The average Bonchev–Trinajstić information content (AvgIpc) is 2.20. The second kappa shape index (κ2) is 7.25. The van der Waals surface area contributed by atoms with Gasteiger partial charge in [-0.1, -0.05) is 20.3 Å². The predicted octanol–water partition coefficient (Wildman–Crippen LogP) is 1.46. The summed E-state index contributed by atoms with van der Waals surface area (Å²) in [6.45, 7) is 8.89. The number of hydrogen-bond acceptors (Lipinski definition) is 2. The molecule has 1 fully saturated rings. The summed E-state index contributed by atoms with van der Waals surface area (Å²) < 4.78 is 0. The zero-order chi connectivity index (χ0) is 12.6. The van der Waals surface area contributed by atoms with Crippen molar-refractivity contribution in [2.24, 2.45) is 5.41 Å². The number of amides is 2. The van der Waals surface area contributed by atoms with Crippen molar-refractivity contribution in [2.75, 3.05) is 13.1 Å². The Hall–Kier alpha value is -1.06. The number of rotatable bonds is 4. The lowest BCUT2D eigenvalue weighted by molar-refractivity contribution is -0.149. The van der Waals surface area contributed by atoms with Gasteiger partial charge in [-0.05, 0) is 26.7 Å². The minimum Gasteiger partial charge on any atom is -0.355 e. The molecule has 1 saturated carbocycles. The Morgan fingerprint density at radius 2 is 1.38 bits per heavy atom. The third kappa shape index (κ3) is 2.97. The monoisotopic (exact) mass is 228 g/mol. The van der Waals surface area contributed by atoms with Crippen LogP contribution in [-0.2, 0) is 9.59 Å². The molecule has 1 aliphatic carbocycles. The Morgan fingerprint density at radius 3 is 1.56 bits per heavy atom. The summed E-state index contributed by atoms with van der Waals surface area (Å²) in [5.74, 6) is -0.227. The SMILES string of the molecule is CC.CCNC(=O)C1(C(=O)NCC)CCC1. The zero-order valence-electron chi connectivity index (χ0n) is 10.9. The van der Waals surface area contributed by atoms with E-state index in [-0.39, 0.29) is 11.8 Å². The first-order valence-electron chi connectivity index (χ1n) is 6.24. The van der Waals surface area contributed by atoms with Crippen molar-refractivity contribution >= 4 is 11.8 Å². The third-order valence-electron chi connectivity index (χ3n) is 2.75. The van der Waals surface area contributed by atoms with Crippen LogP contribution in [-0.4, -0.2) is 24.9 Å². The van der Waals surface area contributed by atoms with Crippen LogP contribution >= 0.6 is 0 Å². The van der Waals surface area contributed by atoms with Crippen molar-refractivity contribution in [1.29, 1.82) is 0 Å². The van der Waals surface area contributed by atoms with Crippen LogP contribution in [0, 0.1) is 5.41 Å². The smallest absolute Gasteiger partial charge is 0.235 e. The van der Waals surface area contributed by atoms with E-state index in [1.54, 1.807) is 0 Å². The van der Waals surface area contributed by atoms with E-state index in [0.29, 0.717) is 25.9 Å². The molecular weight excluding hydrogens is 204 g/mol. The first kappa shape index (κ1) is 14.9. The van der Waals surface area contributed by atoms with Crippen LogP contribution in [0.4, 0.5) is 0 Å². The molecule has 0 atom stereocenters. The fourth-order valence-corrected chi connectivity index (χ4v) is 1.75. The van der Waals surface area contributed by atoms with Crippen LogP contribution in [0.3, 0.4) is 0 Å². The summed E-state index contributed by atoms with van der Waals surface area (Å²) in [5, 5.41) is 5.46. The van der Waals surface area contributed by atoms with Crippen LogP contribution < -0.4 is 10.6 Å². The maximum Gasteiger partial charge on any atom is 0.235 e. The predicted molar refractivity (Wildman–Crippen MR) is 65.0 cm³/mol.